The zero-order valence-corrected chi connectivity index (χ0v) is 11.2. The predicted molar refractivity (Wildman–Crippen MR) is 69.8 cm³/mol. The fourth-order valence-electron chi connectivity index (χ4n) is 1.29. The first-order chi connectivity index (χ1) is 8.20. The SMILES string of the molecule is COC(=O)c1csc(NCc2sccc2C)n1. The fourth-order valence-corrected chi connectivity index (χ4v) is 2.82. The van der Waals surface area contributed by atoms with Crippen LogP contribution in [0.1, 0.15) is 20.9 Å². The first kappa shape index (κ1) is 12.1. The van der Waals surface area contributed by atoms with Gasteiger partial charge in [0, 0.05) is 10.3 Å². The van der Waals surface area contributed by atoms with Crippen LogP contribution in [0, 0.1) is 6.92 Å². The maximum Gasteiger partial charge on any atom is 0.357 e. The van der Waals surface area contributed by atoms with Crippen LogP contribution in [-0.2, 0) is 11.3 Å². The van der Waals surface area contributed by atoms with Crippen LogP contribution in [0.25, 0.3) is 0 Å². The maximum absolute atomic E-state index is 11.2. The number of hydrogen-bond acceptors (Lipinski definition) is 6. The number of aryl methyl sites for hydroxylation is 1. The molecule has 0 bridgehead atoms. The van der Waals surface area contributed by atoms with Gasteiger partial charge >= 0.3 is 5.97 Å². The Bertz CT molecular complexity index is 519. The number of methoxy groups -OCH3 is 1. The van der Waals surface area contributed by atoms with E-state index in [-0.39, 0.29) is 0 Å². The Morgan fingerprint density at radius 3 is 3.00 bits per heavy atom. The summed E-state index contributed by atoms with van der Waals surface area (Å²) >= 11 is 3.11. The lowest BCUT2D eigenvalue weighted by Crippen LogP contribution is -2.03. The minimum absolute atomic E-state index is 0.350. The second kappa shape index (κ2) is 5.29. The largest absolute Gasteiger partial charge is 0.464 e. The number of nitrogens with one attached hydrogen (secondary N) is 1. The normalized spacial score (nSPS) is 10.2. The summed E-state index contributed by atoms with van der Waals surface area (Å²) in [4.78, 5) is 16.6. The highest BCUT2D eigenvalue weighted by molar-refractivity contribution is 7.14. The molecule has 0 fully saturated rings. The van der Waals surface area contributed by atoms with Gasteiger partial charge in [-0.25, -0.2) is 9.78 Å². The summed E-state index contributed by atoms with van der Waals surface area (Å²) in [5.74, 6) is -0.401. The molecule has 6 heteroatoms. The first-order valence-electron chi connectivity index (χ1n) is 5.01. The molecule has 0 aliphatic heterocycles. The van der Waals surface area contributed by atoms with Crippen molar-refractivity contribution < 1.29 is 9.53 Å². The summed E-state index contributed by atoms with van der Waals surface area (Å²) < 4.78 is 4.60. The average Bonchev–Trinajstić information content (AvgIpc) is 2.94. The van der Waals surface area contributed by atoms with E-state index in [1.165, 1.54) is 28.9 Å². The number of hydrogen-bond donors (Lipinski definition) is 1. The van der Waals surface area contributed by atoms with Crippen molar-refractivity contribution in [2.24, 2.45) is 0 Å². The monoisotopic (exact) mass is 268 g/mol. The Kier molecular flexibility index (Phi) is 3.75. The van der Waals surface area contributed by atoms with Crippen molar-refractivity contribution in [3.63, 3.8) is 0 Å². The van der Waals surface area contributed by atoms with Gasteiger partial charge in [0.2, 0.25) is 0 Å². The van der Waals surface area contributed by atoms with Gasteiger partial charge in [-0.2, -0.15) is 0 Å². The van der Waals surface area contributed by atoms with E-state index in [0.717, 1.165) is 11.7 Å². The molecule has 2 aromatic heterocycles. The molecule has 2 aromatic rings. The van der Waals surface area contributed by atoms with E-state index >= 15 is 0 Å². The Balaban J connectivity index is 1.98. The lowest BCUT2D eigenvalue weighted by atomic mass is 10.3. The Labute approximate surface area is 107 Å². The molecule has 4 nitrogen and oxygen atoms in total. The molecule has 0 spiro atoms. The van der Waals surface area contributed by atoms with Crippen molar-refractivity contribution >= 4 is 33.8 Å². The van der Waals surface area contributed by atoms with Gasteiger partial charge in [-0.05, 0) is 23.9 Å². The highest BCUT2D eigenvalue weighted by atomic mass is 32.1. The van der Waals surface area contributed by atoms with Crippen molar-refractivity contribution in [1.29, 1.82) is 0 Å². The lowest BCUT2D eigenvalue weighted by molar-refractivity contribution is 0.0595. The van der Waals surface area contributed by atoms with Gasteiger partial charge < -0.3 is 10.1 Å². The van der Waals surface area contributed by atoms with E-state index in [0.29, 0.717) is 5.69 Å². The van der Waals surface area contributed by atoms with E-state index in [4.69, 9.17) is 0 Å². The number of thiophene rings is 1. The maximum atomic E-state index is 11.2. The van der Waals surface area contributed by atoms with Gasteiger partial charge in [-0.3, -0.25) is 0 Å². The van der Waals surface area contributed by atoms with Crippen LogP contribution in [-0.4, -0.2) is 18.1 Å². The molecule has 0 atom stereocenters. The molecular weight excluding hydrogens is 256 g/mol. The van der Waals surface area contributed by atoms with Crippen LogP contribution in [0.3, 0.4) is 0 Å². The second-order valence-electron chi connectivity index (χ2n) is 3.41. The molecular formula is C11H12N2O2S2. The van der Waals surface area contributed by atoms with Crippen molar-refractivity contribution in [2.75, 3.05) is 12.4 Å². The van der Waals surface area contributed by atoms with E-state index < -0.39 is 5.97 Å². The van der Waals surface area contributed by atoms with Crippen LogP contribution < -0.4 is 5.32 Å². The molecule has 17 heavy (non-hydrogen) atoms. The van der Waals surface area contributed by atoms with Crippen LogP contribution in [0.2, 0.25) is 0 Å². The minimum Gasteiger partial charge on any atom is -0.464 e. The van der Waals surface area contributed by atoms with Gasteiger partial charge in [0.05, 0.1) is 13.7 Å². The number of thiazole rings is 1. The van der Waals surface area contributed by atoms with Crippen molar-refractivity contribution in [2.45, 2.75) is 13.5 Å². The Morgan fingerprint density at radius 1 is 1.53 bits per heavy atom. The van der Waals surface area contributed by atoms with Crippen molar-refractivity contribution in [3.05, 3.63) is 33.0 Å². The summed E-state index contributed by atoms with van der Waals surface area (Å²) in [5.41, 5.74) is 1.62. The van der Waals surface area contributed by atoms with Crippen molar-refractivity contribution in [1.82, 2.24) is 4.98 Å². The van der Waals surface area contributed by atoms with Crippen molar-refractivity contribution in [3.8, 4) is 0 Å². The summed E-state index contributed by atoms with van der Waals surface area (Å²) in [6.07, 6.45) is 0. The van der Waals surface area contributed by atoms with E-state index in [1.54, 1.807) is 16.7 Å². The Hall–Kier alpha value is -1.40. The molecule has 0 amide bonds. The quantitative estimate of drug-likeness (QED) is 0.866. The molecule has 0 radical (unpaired) electrons. The zero-order chi connectivity index (χ0) is 12.3. The average molecular weight is 268 g/mol. The molecule has 0 unspecified atom stereocenters. The third kappa shape index (κ3) is 2.83. The Morgan fingerprint density at radius 2 is 2.35 bits per heavy atom. The summed E-state index contributed by atoms with van der Waals surface area (Å²) in [6, 6.07) is 2.09. The molecule has 0 saturated carbocycles. The van der Waals surface area contributed by atoms with Gasteiger partial charge in [0.1, 0.15) is 0 Å². The first-order valence-corrected chi connectivity index (χ1v) is 6.77. The molecule has 0 aliphatic carbocycles. The molecule has 0 saturated heterocycles. The third-order valence-corrected chi connectivity index (χ3v) is 4.09. The topological polar surface area (TPSA) is 51.2 Å². The molecule has 2 rings (SSSR count). The highest BCUT2D eigenvalue weighted by Gasteiger charge is 2.10. The molecule has 1 N–H and O–H groups in total. The number of anilines is 1. The number of nitrogens with zero attached hydrogens (tertiary/aromatic N) is 1. The minimum atomic E-state index is -0.401. The van der Waals surface area contributed by atoms with E-state index in [1.807, 2.05) is 0 Å². The van der Waals surface area contributed by atoms with Gasteiger partial charge in [-0.15, -0.1) is 22.7 Å². The smallest absolute Gasteiger partial charge is 0.357 e. The fraction of sp³-hybridized carbons (Fsp3) is 0.273. The van der Waals surface area contributed by atoms with E-state index in [2.05, 4.69) is 33.4 Å². The number of carbonyl (C=O) groups is 1. The number of esters is 1. The number of carbonyl (C=O) groups excluding carboxylic acids is 1. The highest BCUT2D eigenvalue weighted by Crippen LogP contribution is 2.20. The molecule has 0 aromatic carbocycles. The van der Waals surface area contributed by atoms with Crippen LogP contribution in [0.5, 0.6) is 0 Å². The second-order valence-corrected chi connectivity index (χ2v) is 5.27. The predicted octanol–water partition coefficient (Wildman–Crippen LogP) is 2.91. The zero-order valence-electron chi connectivity index (χ0n) is 9.52. The van der Waals surface area contributed by atoms with Gasteiger partial charge in [0.25, 0.3) is 0 Å². The number of aromatic nitrogens is 1. The summed E-state index contributed by atoms with van der Waals surface area (Å²) in [6.45, 7) is 2.81. The van der Waals surface area contributed by atoms with E-state index in [9.17, 15) is 4.79 Å². The number of rotatable bonds is 4. The molecule has 0 aliphatic rings. The van der Waals surface area contributed by atoms with Gasteiger partial charge in [-0.1, -0.05) is 0 Å². The summed E-state index contributed by atoms with van der Waals surface area (Å²) in [7, 11) is 1.35. The van der Waals surface area contributed by atoms with Gasteiger partial charge in [0.15, 0.2) is 10.8 Å². The van der Waals surface area contributed by atoms with Crippen LogP contribution >= 0.6 is 22.7 Å². The van der Waals surface area contributed by atoms with Crippen LogP contribution in [0.4, 0.5) is 5.13 Å². The molecule has 2 heterocycles. The standard InChI is InChI=1S/C11H12N2O2S2/c1-7-3-4-16-9(7)5-12-11-13-8(6-17-11)10(14)15-2/h3-4,6H,5H2,1-2H3,(H,12,13). The van der Waals surface area contributed by atoms with Crippen LogP contribution in [0.15, 0.2) is 16.8 Å². The number of ether oxygens (including phenoxy) is 1. The lowest BCUT2D eigenvalue weighted by Gasteiger charge is -2.01. The third-order valence-electron chi connectivity index (χ3n) is 2.27. The summed E-state index contributed by atoms with van der Waals surface area (Å²) in [5, 5.41) is 7.69. The molecule has 90 valence electrons.